The van der Waals surface area contributed by atoms with Gasteiger partial charge in [0.05, 0.1) is 0 Å². The van der Waals surface area contributed by atoms with Crippen LogP contribution in [0.25, 0.3) is 0 Å². The Morgan fingerprint density at radius 1 is 1.06 bits per heavy atom. The molecule has 2 aliphatic rings. The molecule has 2 nitrogen and oxygen atoms in total. The normalized spacial score (nSPS) is 36.0. The summed E-state index contributed by atoms with van der Waals surface area (Å²) in [7, 11) is 0. The summed E-state index contributed by atoms with van der Waals surface area (Å²) >= 11 is 2.10. The van der Waals surface area contributed by atoms with Gasteiger partial charge >= 0.3 is 0 Å². The van der Waals surface area contributed by atoms with Crippen LogP contribution >= 0.6 is 11.8 Å². The first-order valence-electron chi connectivity index (χ1n) is 7.27. The summed E-state index contributed by atoms with van der Waals surface area (Å²) < 4.78 is 0. The maximum absolute atomic E-state index is 3.78. The Bertz CT molecular complexity index is 206. The topological polar surface area (TPSA) is 15.3 Å². The minimum atomic E-state index is 0.785. The fourth-order valence-electron chi connectivity index (χ4n) is 3.37. The first-order chi connectivity index (χ1) is 8.24. The smallest absolute Gasteiger partial charge is 0.0108 e. The van der Waals surface area contributed by atoms with Gasteiger partial charge in [-0.05, 0) is 31.1 Å². The molecule has 2 rings (SSSR count). The molecule has 17 heavy (non-hydrogen) atoms. The standard InChI is InChI=1S/C14H28N2S/c1-12-9-13(2)11-14(10-12)15-3-4-16-5-7-17-8-6-16/h12-15H,3-11H2,1-2H3. The monoisotopic (exact) mass is 256 g/mol. The largest absolute Gasteiger partial charge is 0.313 e. The minimum absolute atomic E-state index is 0.785. The summed E-state index contributed by atoms with van der Waals surface area (Å²) in [5, 5.41) is 3.78. The molecule has 0 radical (unpaired) electrons. The lowest BCUT2D eigenvalue weighted by atomic mass is 9.80. The molecule has 0 aromatic carbocycles. The van der Waals surface area contributed by atoms with Crippen LogP contribution in [0.15, 0.2) is 0 Å². The highest BCUT2D eigenvalue weighted by Crippen LogP contribution is 2.28. The molecule has 0 aromatic heterocycles. The van der Waals surface area contributed by atoms with Crippen LogP contribution in [0.2, 0.25) is 0 Å². The third-order valence-corrected chi connectivity index (χ3v) is 5.09. The Morgan fingerprint density at radius 2 is 1.71 bits per heavy atom. The average molecular weight is 256 g/mol. The van der Waals surface area contributed by atoms with Crippen LogP contribution in [-0.4, -0.2) is 48.6 Å². The molecule has 0 bridgehead atoms. The van der Waals surface area contributed by atoms with Gasteiger partial charge in [0.25, 0.3) is 0 Å². The zero-order valence-corrected chi connectivity index (χ0v) is 12.3. The molecular formula is C14H28N2S. The van der Waals surface area contributed by atoms with Crippen molar-refractivity contribution < 1.29 is 0 Å². The van der Waals surface area contributed by atoms with Crippen LogP contribution in [0.3, 0.4) is 0 Å². The van der Waals surface area contributed by atoms with Crippen molar-refractivity contribution in [1.82, 2.24) is 10.2 Å². The minimum Gasteiger partial charge on any atom is -0.313 e. The van der Waals surface area contributed by atoms with Crippen LogP contribution in [0.4, 0.5) is 0 Å². The summed E-state index contributed by atoms with van der Waals surface area (Å²) in [5.41, 5.74) is 0. The molecule has 1 heterocycles. The van der Waals surface area contributed by atoms with Crippen molar-refractivity contribution in [2.45, 2.75) is 39.2 Å². The van der Waals surface area contributed by atoms with Crippen LogP contribution in [0.5, 0.6) is 0 Å². The molecule has 2 fully saturated rings. The van der Waals surface area contributed by atoms with Gasteiger partial charge in [0.15, 0.2) is 0 Å². The van der Waals surface area contributed by atoms with E-state index in [4.69, 9.17) is 0 Å². The van der Waals surface area contributed by atoms with E-state index in [1.807, 2.05) is 0 Å². The van der Waals surface area contributed by atoms with Crippen LogP contribution in [0, 0.1) is 11.8 Å². The third kappa shape index (κ3) is 4.80. The second-order valence-corrected chi connectivity index (χ2v) is 7.25. The highest BCUT2D eigenvalue weighted by molar-refractivity contribution is 7.99. The van der Waals surface area contributed by atoms with Crippen LogP contribution < -0.4 is 5.32 Å². The van der Waals surface area contributed by atoms with Gasteiger partial charge in [0.2, 0.25) is 0 Å². The summed E-state index contributed by atoms with van der Waals surface area (Å²) in [6.45, 7) is 9.85. The van der Waals surface area contributed by atoms with E-state index in [0.717, 1.165) is 17.9 Å². The number of hydrogen-bond acceptors (Lipinski definition) is 3. The lowest BCUT2D eigenvalue weighted by Gasteiger charge is -2.33. The second kappa shape index (κ2) is 7.01. The van der Waals surface area contributed by atoms with Crippen molar-refractivity contribution in [1.29, 1.82) is 0 Å². The zero-order valence-electron chi connectivity index (χ0n) is 11.5. The summed E-state index contributed by atoms with van der Waals surface area (Å²) in [4.78, 5) is 2.61. The van der Waals surface area contributed by atoms with E-state index < -0.39 is 0 Å². The lowest BCUT2D eigenvalue weighted by Crippen LogP contribution is -2.42. The van der Waals surface area contributed by atoms with Crippen molar-refractivity contribution in [2.24, 2.45) is 11.8 Å². The van der Waals surface area contributed by atoms with Gasteiger partial charge in [0, 0.05) is 43.7 Å². The maximum Gasteiger partial charge on any atom is 0.0108 e. The predicted molar refractivity (Wildman–Crippen MR) is 77.7 cm³/mol. The quantitative estimate of drug-likeness (QED) is 0.832. The number of rotatable bonds is 4. The molecule has 0 amide bonds. The van der Waals surface area contributed by atoms with E-state index in [9.17, 15) is 0 Å². The van der Waals surface area contributed by atoms with Gasteiger partial charge < -0.3 is 10.2 Å². The second-order valence-electron chi connectivity index (χ2n) is 6.02. The van der Waals surface area contributed by atoms with Gasteiger partial charge in [-0.25, -0.2) is 0 Å². The number of thioether (sulfide) groups is 1. The molecule has 100 valence electrons. The van der Waals surface area contributed by atoms with Crippen molar-refractivity contribution in [3.05, 3.63) is 0 Å². The number of nitrogens with zero attached hydrogens (tertiary/aromatic N) is 1. The van der Waals surface area contributed by atoms with E-state index in [1.165, 1.54) is 56.9 Å². The first-order valence-corrected chi connectivity index (χ1v) is 8.43. The molecule has 1 aliphatic heterocycles. The van der Waals surface area contributed by atoms with Gasteiger partial charge in [0.1, 0.15) is 0 Å². The molecule has 0 spiro atoms. The summed E-state index contributed by atoms with van der Waals surface area (Å²) in [5.74, 6) is 4.50. The van der Waals surface area contributed by atoms with Crippen molar-refractivity contribution in [3.8, 4) is 0 Å². The molecule has 1 aliphatic carbocycles. The molecule has 2 atom stereocenters. The predicted octanol–water partition coefficient (Wildman–Crippen LogP) is 2.45. The van der Waals surface area contributed by atoms with E-state index in [0.29, 0.717) is 0 Å². The van der Waals surface area contributed by atoms with Gasteiger partial charge in [-0.1, -0.05) is 13.8 Å². The first kappa shape index (κ1) is 13.7. The highest BCUT2D eigenvalue weighted by atomic mass is 32.2. The van der Waals surface area contributed by atoms with Crippen molar-refractivity contribution in [2.75, 3.05) is 37.7 Å². The lowest BCUT2D eigenvalue weighted by molar-refractivity contribution is 0.227. The van der Waals surface area contributed by atoms with E-state index in [1.54, 1.807) is 0 Å². The molecule has 2 unspecified atom stereocenters. The SMILES string of the molecule is CC1CC(C)CC(NCCN2CCSCC2)C1. The fourth-order valence-corrected chi connectivity index (χ4v) is 4.34. The van der Waals surface area contributed by atoms with E-state index >= 15 is 0 Å². The molecule has 1 saturated heterocycles. The fraction of sp³-hybridized carbons (Fsp3) is 1.00. The molecule has 0 aromatic rings. The third-order valence-electron chi connectivity index (χ3n) is 4.14. The highest BCUT2D eigenvalue weighted by Gasteiger charge is 2.23. The Balaban J connectivity index is 1.60. The van der Waals surface area contributed by atoms with Gasteiger partial charge in [-0.15, -0.1) is 0 Å². The van der Waals surface area contributed by atoms with Crippen LogP contribution in [-0.2, 0) is 0 Å². The average Bonchev–Trinajstić information content (AvgIpc) is 2.29. The Labute approximate surface area is 111 Å². The molecule has 1 saturated carbocycles. The Kier molecular flexibility index (Phi) is 5.64. The Morgan fingerprint density at radius 3 is 2.35 bits per heavy atom. The van der Waals surface area contributed by atoms with Crippen LogP contribution in [0.1, 0.15) is 33.1 Å². The zero-order chi connectivity index (χ0) is 12.1. The van der Waals surface area contributed by atoms with Gasteiger partial charge in [-0.2, -0.15) is 11.8 Å². The molecule has 1 N–H and O–H groups in total. The summed E-state index contributed by atoms with van der Waals surface area (Å²) in [6, 6.07) is 0.785. The van der Waals surface area contributed by atoms with E-state index in [2.05, 4.69) is 35.8 Å². The maximum atomic E-state index is 3.78. The summed E-state index contributed by atoms with van der Waals surface area (Å²) in [6.07, 6.45) is 4.21. The van der Waals surface area contributed by atoms with Gasteiger partial charge in [-0.3, -0.25) is 0 Å². The molecule has 3 heteroatoms. The van der Waals surface area contributed by atoms with E-state index in [-0.39, 0.29) is 0 Å². The Hall–Kier alpha value is 0.270. The number of nitrogens with one attached hydrogen (secondary N) is 1. The van der Waals surface area contributed by atoms with Crippen molar-refractivity contribution in [3.63, 3.8) is 0 Å². The molecular weight excluding hydrogens is 228 g/mol. The van der Waals surface area contributed by atoms with Crippen molar-refractivity contribution >= 4 is 11.8 Å². The number of hydrogen-bond donors (Lipinski definition) is 1.